The van der Waals surface area contributed by atoms with Crippen molar-refractivity contribution >= 4 is 23.4 Å². The molecular formula is C21H22ClFN2O3. The molecule has 0 saturated carbocycles. The number of benzene rings is 2. The number of rotatable bonds is 5. The van der Waals surface area contributed by atoms with Crippen LogP contribution in [0.4, 0.5) is 4.39 Å². The van der Waals surface area contributed by atoms with Crippen LogP contribution in [0.3, 0.4) is 0 Å². The van der Waals surface area contributed by atoms with Crippen LogP contribution in [-0.4, -0.2) is 28.9 Å². The molecule has 0 aliphatic carbocycles. The van der Waals surface area contributed by atoms with E-state index in [0.29, 0.717) is 12.1 Å². The maximum absolute atomic E-state index is 14.1. The summed E-state index contributed by atoms with van der Waals surface area (Å²) in [5, 5.41) is 0.257. The Balaban J connectivity index is 1.80. The van der Waals surface area contributed by atoms with Gasteiger partial charge in [-0.05, 0) is 62.6 Å². The fraction of sp³-hybridized carbons (Fsp3) is 0.333. The predicted octanol–water partition coefficient (Wildman–Crippen LogP) is 4.10. The Kier molecular flexibility index (Phi) is 5.61. The molecule has 0 radical (unpaired) electrons. The highest BCUT2D eigenvalue weighted by molar-refractivity contribution is 6.30. The number of halogens is 2. The van der Waals surface area contributed by atoms with E-state index >= 15 is 0 Å². The molecule has 1 aliphatic rings. The van der Waals surface area contributed by atoms with Crippen molar-refractivity contribution in [3.05, 3.63) is 64.4 Å². The third-order valence-electron chi connectivity index (χ3n) is 4.87. The summed E-state index contributed by atoms with van der Waals surface area (Å²) in [5.41, 5.74) is 5.37. The number of ether oxygens (including phenoxy) is 1. The molecule has 7 heteroatoms. The van der Waals surface area contributed by atoms with Gasteiger partial charge in [0, 0.05) is 17.1 Å². The molecule has 3 rings (SSSR count). The fourth-order valence-electron chi connectivity index (χ4n) is 3.45. The Morgan fingerprint density at radius 3 is 2.50 bits per heavy atom. The van der Waals surface area contributed by atoms with Crippen molar-refractivity contribution in [3.8, 4) is 5.75 Å². The maximum Gasteiger partial charge on any atom is 0.266 e. The molecular weight excluding hydrogens is 383 g/mol. The van der Waals surface area contributed by atoms with Crippen molar-refractivity contribution in [2.45, 2.75) is 38.3 Å². The first kappa shape index (κ1) is 20.1. The third kappa shape index (κ3) is 4.12. The highest BCUT2D eigenvalue weighted by atomic mass is 35.5. The normalized spacial score (nSPS) is 16.9. The molecule has 1 saturated heterocycles. The van der Waals surface area contributed by atoms with Crippen molar-refractivity contribution in [1.29, 1.82) is 0 Å². The van der Waals surface area contributed by atoms with E-state index in [2.05, 4.69) is 0 Å². The summed E-state index contributed by atoms with van der Waals surface area (Å²) in [6, 6.07) is 10.9. The van der Waals surface area contributed by atoms with Gasteiger partial charge in [0.15, 0.2) is 17.2 Å². The zero-order valence-electron chi connectivity index (χ0n) is 15.7. The third-order valence-corrected chi connectivity index (χ3v) is 5.10. The Morgan fingerprint density at radius 1 is 1.21 bits per heavy atom. The summed E-state index contributed by atoms with van der Waals surface area (Å²) >= 11 is 5.77. The summed E-state index contributed by atoms with van der Waals surface area (Å²) in [4.78, 5) is 26.2. The van der Waals surface area contributed by atoms with Crippen LogP contribution >= 0.6 is 11.6 Å². The molecule has 0 bridgehead atoms. The predicted molar refractivity (Wildman–Crippen MR) is 105 cm³/mol. The Bertz CT molecular complexity index is 899. The number of carbonyl (C=O) groups is 2. The van der Waals surface area contributed by atoms with Gasteiger partial charge < -0.3 is 15.4 Å². The van der Waals surface area contributed by atoms with E-state index in [9.17, 15) is 14.0 Å². The number of nitrogens with zero attached hydrogens (tertiary/aromatic N) is 1. The number of likely N-dealkylation sites (tertiary alicyclic amines) is 1. The van der Waals surface area contributed by atoms with Gasteiger partial charge in [0.1, 0.15) is 0 Å². The molecule has 1 aliphatic heterocycles. The van der Waals surface area contributed by atoms with Crippen molar-refractivity contribution in [3.63, 3.8) is 0 Å². The van der Waals surface area contributed by atoms with Crippen LogP contribution in [0.1, 0.15) is 48.7 Å². The minimum absolute atomic E-state index is 0.0238. The van der Waals surface area contributed by atoms with Crippen molar-refractivity contribution in [2.75, 3.05) is 6.54 Å². The number of amides is 2. The number of carbonyl (C=O) groups excluding carboxylic acids is 2. The van der Waals surface area contributed by atoms with Crippen molar-refractivity contribution in [1.82, 2.24) is 4.90 Å². The maximum atomic E-state index is 14.1. The van der Waals surface area contributed by atoms with Gasteiger partial charge in [-0.25, -0.2) is 4.39 Å². The molecule has 1 fully saturated rings. The van der Waals surface area contributed by atoms with E-state index in [-0.39, 0.29) is 22.7 Å². The highest BCUT2D eigenvalue weighted by Gasteiger charge is 2.40. The smallest absolute Gasteiger partial charge is 0.266 e. The summed E-state index contributed by atoms with van der Waals surface area (Å²) in [6.45, 7) is 3.82. The molecule has 2 aromatic carbocycles. The first-order valence-electron chi connectivity index (χ1n) is 9.04. The second kappa shape index (κ2) is 7.80. The number of nitrogens with two attached hydrogens (primary N) is 1. The van der Waals surface area contributed by atoms with Gasteiger partial charge in [-0.15, -0.1) is 0 Å². The topological polar surface area (TPSA) is 72.6 Å². The summed E-state index contributed by atoms with van der Waals surface area (Å²) < 4.78 is 19.8. The van der Waals surface area contributed by atoms with Crippen LogP contribution in [0.25, 0.3) is 0 Å². The second-order valence-electron chi connectivity index (χ2n) is 7.33. The zero-order valence-corrected chi connectivity index (χ0v) is 16.5. The quantitative estimate of drug-likeness (QED) is 0.815. The van der Waals surface area contributed by atoms with Crippen LogP contribution in [-0.2, 0) is 4.79 Å². The SMILES string of the molecule is CC(C)(Oc1ccc(Cl)cc1F)C(=O)N1CCCC1c1ccc(C(N)=O)cc1. The van der Waals surface area contributed by atoms with Crippen LogP contribution in [0.2, 0.25) is 5.02 Å². The summed E-state index contributed by atoms with van der Waals surface area (Å²) in [7, 11) is 0. The van der Waals surface area contributed by atoms with Gasteiger partial charge in [-0.2, -0.15) is 0 Å². The zero-order chi connectivity index (χ0) is 20.5. The summed E-state index contributed by atoms with van der Waals surface area (Å²) in [5.74, 6) is -1.37. The monoisotopic (exact) mass is 404 g/mol. The molecule has 0 spiro atoms. The molecule has 1 unspecified atom stereocenters. The van der Waals surface area contributed by atoms with Gasteiger partial charge in [-0.1, -0.05) is 23.7 Å². The van der Waals surface area contributed by atoms with Crippen molar-refractivity contribution < 1.29 is 18.7 Å². The van der Waals surface area contributed by atoms with E-state index in [1.54, 1.807) is 30.9 Å². The minimum atomic E-state index is -1.26. The van der Waals surface area contributed by atoms with E-state index in [4.69, 9.17) is 22.1 Å². The summed E-state index contributed by atoms with van der Waals surface area (Å²) in [6.07, 6.45) is 1.65. The number of hydrogen-bond donors (Lipinski definition) is 1. The fourth-order valence-corrected chi connectivity index (χ4v) is 3.61. The van der Waals surface area contributed by atoms with Crippen LogP contribution < -0.4 is 10.5 Å². The lowest BCUT2D eigenvalue weighted by atomic mass is 10.0. The van der Waals surface area contributed by atoms with Gasteiger partial charge >= 0.3 is 0 Å². The lowest BCUT2D eigenvalue weighted by Crippen LogP contribution is -2.48. The Hall–Kier alpha value is -2.60. The average molecular weight is 405 g/mol. The van der Waals surface area contributed by atoms with E-state index < -0.39 is 17.3 Å². The number of primary amides is 1. The molecule has 5 nitrogen and oxygen atoms in total. The lowest BCUT2D eigenvalue weighted by Gasteiger charge is -2.33. The van der Waals surface area contributed by atoms with E-state index in [1.165, 1.54) is 12.1 Å². The Labute approximate surface area is 168 Å². The highest BCUT2D eigenvalue weighted by Crippen LogP contribution is 2.35. The molecule has 0 aromatic heterocycles. The van der Waals surface area contributed by atoms with Crippen LogP contribution in [0.5, 0.6) is 5.75 Å². The molecule has 2 amide bonds. The first-order chi connectivity index (χ1) is 13.2. The molecule has 1 atom stereocenters. The van der Waals surface area contributed by atoms with Gasteiger partial charge in [-0.3, -0.25) is 9.59 Å². The standard InChI is InChI=1S/C21H22ClFN2O3/c1-21(2,28-18-10-9-15(22)12-16(18)23)20(27)25-11-3-4-17(25)13-5-7-14(8-6-13)19(24)26/h5-10,12,17H,3-4,11H2,1-2H3,(H2,24,26). The molecule has 2 N–H and O–H groups in total. The average Bonchev–Trinajstić information content (AvgIpc) is 3.13. The molecule has 2 aromatic rings. The molecule has 148 valence electrons. The van der Waals surface area contributed by atoms with Crippen LogP contribution in [0, 0.1) is 5.82 Å². The van der Waals surface area contributed by atoms with Gasteiger partial charge in [0.2, 0.25) is 5.91 Å². The molecule has 28 heavy (non-hydrogen) atoms. The van der Waals surface area contributed by atoms with E-state index in [0.717, 1.165) is 24.5 Å². The van der Waals surface area contributed by atoms with Crippen molar-refractivity contribution in [2.24, 2.45) is 5.73 Å². The number of hydrogen-bond acceptors (Lipinski definition) is 3. The van der Waals surface area contributed by atoms with Crippen LogP contribution in [0.15, 0.2) is 42.5 Å². The molecule has 1 heterocycles. The second-order valence-corrected chi connectivity index (χ2v) is 7.77. The first-order valence-corrected chi connectivity index (χ1v) is 9.42. The largest absolute Gasteiger partial charge is 0.475 e. The van der Waals surface area contributed by atoms with E-state index in [1.807, 2.05) is 12.1 Å². The van der Waals surface area contributed by atoms with Gasteiger partial charge in [0.05, 0.1) is 6.04 Å². The minimum Gasteiger partial charge on any atom is -0.475 e. The van der Waals surface area contributed by atoms with Gasteiger partial charge in [0.25, 0.3) is 5.91 Å². The Morgan fingerprint density at radius 2 is 1.89 bits per heavy atom. The lowest BCUT2D eigenvalue weighted by molar-refractivity contribution is -0.146.